The summed E-state index contributed by atoms with van der Waals surface area (Å²) in [5.74, 6) is -1.05. The normalized spacial score (nSPS) is 9.50. The molecule has 0 aromatic heterocycles. The van der Waals surface area contributed by atoms with E-state index >= 15 is 0 Å². The molecule has 0 heterocycles. The molecule has 0 radical (unpaired) electrons. The molecule has 12 heavy (non-hydrogen) atoms. The first-order chi connectivity index (χ1) is 5.65. The number of rotatable bonds is 2. The summed E-state index contributed by atoms with van der Waals surface area (Å²) in [7, 11) is 0. The first-order valence-corrected chi connectivity index (χ1v) is 3.46. The van der Waals surface area contributed by atoms with Crippen LogP contribution in [0.25, 0.3) is 0 Å². The Labute approximate surface area is 73.4 Å². The number of benzene rings is 1. The third kappa shape index (κ3) is 1.66. The number of nitrogens with one attached hydrogen (secondary N) is 1. The molecule has 0 aliphatic carbocycles. The Hall–Kier alpha value is -1.26. The maximum atomic E-state index is 10.4. The van der Waals surface area contributed by atoms with Gasteiger partial charge in [-0.2, -0.15) is 0 Å². The van der Waals surface area contributed by atoms with E-state index in [1.165, 1.54) is 18.2 Å². The Balaban J connectivity index is 3.10. The third-order valence-electron chi connectivity index (χ3n) is 1.34. The van der Waals surface area contributed by atoms with Crippen LogP contribution in [0.15, 0.2) is 18.2 Å². The minimum absolute atomic E-state index is 0.0824. The lowest BCUT2D eigenvalue weighted by atomic mass is 10.2. The van der Waals surface area contributed by atoms with Gasteiger partial charge < -0.3 is 5.11 Å². The molecule has 5 heteroatoms. The lowest BCUT2D eigenvalue weighted by Crippen LogP contribution is -1.97. The minimum Gasteiger partial charge on any atom is -0.478 e. The number of aromatic carboxylic acids is 1. The Bertz CT molecular complexity index is 314. The predicted octanol–water partition coefficient (Wildman–Crippen LogP) is 1.84. The van der Waals surface area contributed by atoms with Gasteiger partial charge in [0.2, 0.25) is 0 Å². The van der Waals surface area contributed by atoms with E-state index in [-0.39, 0.29) is 16.3 Å². The maximum absolute atomic E-state index is 10.4. The minimum atomic E-state index is -1.05. The van der Waals surface area contributed by atoms with Crippen molar-refractivity contribution >= 4 is 23.3 Å². The van der Waals surface area contributed by atoms with Gasteiger partial charge in [-0.05, 0) is 18.2 Å². The maximum Gasteiger partial charge on any atom is 0.335 e. The second-order valence-corrected chi connectivity index (χ2v) is 2.52. The molecular formula is C7H6ClNO3. The molecule has 0 aliphatic heterocycles. The average molecular weight is 188 g/mol. The number of halogens is 1. The largest absolute Gasteiger partial charge is 0.478 e. The van der Waals surface area contributed by atoms with Crippen molar-refractivity contribution in [1.29, 1.82) is 0 Å². The van der Waals surface area contributed by atoms with E-state index in [1.807, 2.05) is 5.48 Å². The molecule has 0 amide bonds. The quantitative estimate of drug-likeness (QED) is 0.618. The van der Waals surface area contributed by atoms with Crippen LogP contribution < -0.4 is 5.48 Å². The van der Waals surface area contributed by atoms with Crippen LogP contribution in [-0.2, 0) is 0 Å². The van der Waals surface area contributed by atoms with Gasteiger partial charge in [-0.15, -0.1) is 0 Å². The second kappa shape index (κ2) is 3.42. The standard InChI is InChI=1S/C7H6ClNO3/c8-5-3-4(7(10)11)1-2-6(5)9-12/h1-3,9,12H,(H,10,11). The van der Waals surface area contributed by atoms with Crippen molar-refractivity contribution in [3.8, 4) is 0 Å². The molecule has 0 spiro atoms. The summed E-state index contributed by atoms with van der Waals surface area (Å²) in [6, 6.07) is 3.97. The summed E-state index contributed by atoms with van der Waals surface area (Å²) in [5, 5.41) is 17.2. The average Bonchev–Trinajstić information content (AvgIpc) is 2.04. The highest BCUT2D eigenvalue weighted by Crippen LogP contribution is 2.22. The monoisotopic (exact) mass is 187 g/mol. The number of hydrogen-bond acceptors (Lipinski definition) is 3. The molecule has 1 rings (SSSR count). The molecule has 1 aromatic carbocycles. The highest BCUT2D eigenvalue weighted by molar-refractivity contribution is 6.33. The molecule has 1 aromatic rings. The van der Waals surface area contributed by atoms with Gasteiger partial charge in [-0.3, -0.25) is 10.7 Å². The molecule has 0 fully saturated rings. The number of carbonyl (C=O) groups is 1. The molecule has 0 bridgehead atoms. The van der Waals surface area contributed by atoms with Gasteiger partial charge in [0.05, 0.1) is 16.3 Å². The lowest BCUT2D eigenvalue weighted by Gasteiger charge is -2.01. The molecule has 0 aliphatic rings. The summed E-state index contributed by atoms with van der Waals surface area (Å²) in [5.41, 5.74) is 2.20. The van der Waals surface area contributed by atoms with Crippen LogP contribution in [-0.4, -0.2) is 16.3 Å². The van der Waals surface area contributed by atoms with Gasteiger partial charge in [0.1, 0.15) is 0 Å². The van der Waals surface area contributed by atoms with Crippen molar-refractivity contribution in [3.05, 3.63) is 28.8 Å². The van der Waals surface area contributed by atoms with Gasteiger partial charge in [-0.1, -0.05) is 11.6 Å². The van der Waals surface area contributed by atoms with Crippen molar-refractivity contribution in [3.63, 3.8) is 0 Å². The Morgan fingerprint density at radius 1 is 1.50 bits per heavy atom. The van der Waals surface area contributed by atoms with Crippen molar-refractivity contribution in [2.45, 2.75) is 0 Å². The van der Waals surface area contributed by atoms with Crippen molar-refractivity contribution in [2.24, 2.45) is 0 Å². The third-order valence-corrected chi connectivity index (χ3v) is 1.65. The molecule has 0 atom stereocenters. The van der Waals surface area contributed by atoms with E-state index in [9.17, 15) is 4.79 Å². The predicted molar refractivity (Wildman–Crippen MR) is 43.8 cm³/mol. The fourth-order valence-electron chi connectivity index (χ4n) is 0.739. The molecule has 0 saturated carbocycles. The van der Waals surface area contributed by atoms with Crippen LogP contribution >= 0.6 is 11.6 Å². The van der Waals surface area contributed by atoms with E-state index < -0.39 is 5.97 Å². The summed E-state index contributed by atoms with van der Waals surface area (Å²) in [6.07, 6.45) is 0. The topological polar surface area (TPSA) is 69.6 Å². The number of carboxylic acids is 1. The zero-order chi connectivity index (χ0) is 9.14. The fourth-order valence-corrected chi connectivity index (χ4v) is 0.962. The van der Waals surface area contributed by atoms with E-state index in [0.29, 0.717) is 0 Å². The molecule has 0 unspecified atom stereocenters. The molecule has 3 N–H and O–H groups in total. The SMILES string of the molecule is O=C(O)c1ccc(NO)c(Cl)c1. The number of hydrogen-bond donors (Lipinski definition) is 3. The highest BCUT2D eigenvalue weighted by Gasteiger charge is 2.05. The highest BCUT2D eigenvalue weighted by atomic mass is 35.5. The molecule has 64 valence electrons. The summed E-state index contributed by atoms with van der Waals surface area (Å²) < 4.78 is 0. The molecule has 4 nitrogen and oxygen atoms in total. The lowest BCUT2D eigenvalue weighted by molar-refractivity contribution is 0.0697. The summed E-state index contributed by atoms with van der Waals surface area (Å²) in [4.78, 5) is 10.4. The smallest absolute Gasteiger partial charge is 0.335 e. The second-order valence-electron chi connectivity index (χ2n) is 2.11. The molecular weight excluding hydrogens is 182 g/mol. The number of carboxylic acid groups (broad SMARTS) is 1. The van der Waals surface area contributed by atoms with Gasteiger partial charge in [0.25, 0.3) is 0 Å². The zero-order valence-electron chi connectivity index (χ0n) is 5.91. The summed E-state index contributed by atoms with van der Waals surface area (Å²) in [6.45, 7) is 0. The van der Waals surface area contributed by atoms with E-state index in [2.05, 4.69) is 0 Å². The zero-order valence-corrected chi connectivity index (χ0v) is 6.67. The Kier molecular flexibility index (Phi) is 2.52. The van der Waals surface area contributed by atoms with Crippen molar-refractivity contribution in [2.75, 3.05) is 5.48 Å². The van der Waals surface area contributed by atoms with Gasteiger partial charge in [-0.25, -0.2) is 4.79 Å². The number of anilines is 1. The first-order valence-electron chi connectivity index (χ1n) is 3.08. The van der Waals surface area contributed by atoms with Crippen LogP contribution in [0.5, 0.6) is 0 Å². The van der Waals surface area contributed by atoms with E-state index in [1.54, 1.807) is 0 Å². The van der Waals surface area contributed by atoms with Gasteiger partial charge >= 0.3 is 5.97 Å². The van der Waals surface area contributed by atoms with Crippen LogP contribution in [0.2, 0.25) is 5.02 Å². The Morgan fingerprint density at radius 3 is 2.58 bits per heavy atom. The van der Waals surface area contributed by atoms with Gasteiger partial charge in [0, 0.05) is 0 Å². The molecule has 0 saturated heterocycles. The van der Waals surface area contributed by atoms with E-state index in [4.69, 9.17) is 21.9 Å². The van der Waals surface area contributed by atoms with Crippen LogP contribution in [0.1, 0.15) is 10.4 Å². The van der Waals surface area contributed by atoms with Gasteiger partial charge in [0.15, 0.2) is 0 Å². The fraction of sp³-hybridized carbons (Fsp3) is 0. The van der Waals surface area contributed by atoms with Crippen LogP contribution in [0, 0.1) is 0 Å². The van der Waals surface area contributed by atoms with Crippen LogP contribution in [0.4, 0.5) is 5.69 Å². The van der Waals surface area contributed by atoms with Crippen LogP contribution in [0.3, 0.4) is 0 Å². The first kappa shape index (κ1) is 8.83. The summed E-state index contributed by atoms with van der Waals surface area (Å²) >= 11 is 5.59. The van der Waals surface area contributed by atoms with E-state index in [0.717, 1.165) is 0 Å². The van der Waals surface area contributed by atoms with Crippen molar-refractivity contribution in [1.82, 2.24) is 0 Å². The Morgan fingerprint density at radius 2 is 2.17 bits per heavy atom. The van der Waals surface area contributed by atoms with Crippen molar-refractivity contribution < 1.29 is 15.1 Å².